The number of rotatable bonds is 6. The minimum Gasteiger partial charge on any atom is -0.384 e. The normalized spacial score (nSPS) is 17.9. The highest BCUT2D eigenvalue weighted by molar-refractivity contribution is 8.19. The number of hydrogen-bond donors (Lipinski definition) is 2. The Morgan fingerprint density at radius 1 is 1.00 bits per heavy atom. The van der Waals surface area contributed by atoms with E-state index >= 15 is 0 Å². The Morgan fingerprint density at radius 2 is 1.73 bits per heavy atom. The van der Waals surface area contributed by atoms with Crippen LogP contribution in [0.2, 0.25) is 0 Å². The summed E-state index contributed by atoms with van der Waals surface area (Å²) >= 11 is 2.71. The third-order valence-electron chi connectivity index (χ3n) is 6.08. The van der Waals surface area contributed by atoms with Crippen molar-refractivity contribution < 1.29 is 22.8 Å². The summed E-state index contributed by atoms with van der Waals surface area (Å²) in [6, 6.07) is 21.6. The van der Waals surface area contributed by atoms with Gasteiger partial charge in [0.15, 0.2) is 5.17 Å². The summed E-state index contributed by atoms with van der Waals surface area (Å²) in [4.78, 5) is 35.2. The third-order valence-corrected chi connectivity index (χ3v) is 8.51. The number of benzene rings is 3. The van der Waals surface area contributed by atoms with Gasteiger partial charge in [0, 0.05) is 24.2 Å². The van der Waals surface area contributed by atoms with Gasteiger partial charge >= 0.3 is 12.1 Å². The van der Waals surface area contributed by atoms with E-state index in [1.807, 2.05) is 78.8 Å². The highest BCUT2D eigenvalue weighted by Gasteiger charge is 2.40. The molecular weight excluding hydrogens is 559 g/mol. The number of carbonyl (C=O) groups excluding carboxylic acids is 2. The van der Waals surface area contributed by atoms with Crippen molar-refractivity contribution in [3.63, 3.8) is 0 Å². The van der Waals surface area contributed by atoms with Crippen LogP contribution in [-0.4, -0.2) is 41.7 Å². The predicted molar refractivity (Wildman–Crippen MR) is 155 cm³/mol. The van der Waals surface area contributed by atoms with E-state index in [4.69, 9.17) is 4.99 Å². The van der Waals surface area contributed by atoms with Crippen LogP contribution in [-0.2, 0) is 16.1 Å². The number of anilines is 3. The lowest BCUT2D eigenvalue weighted by Gasteiger charge is -2.17. The number of alkyl halides is 3. The molecule has 1 fully saturated rings. The van der Waals surface area contributed by atoms with Crippen LogP contribution in [0, 0.1) is 0 Å². The molecule has 2 amide bonds. The van der Waals surface area contributed by atoms with Gasteiger partial charge in [0.25, 0.3) is 5.91 Å². The number of para-hydroxylation sites is 1. The monoisotopic (exact) mass is 583 g/mol. The van der Waals surface area contributed by atoms with Gasteiger partial charge in [0.1, 0.15) is 4.91 Å². The number of amidine groups is 1. The van der Waals surface area contributed by atoms with Gasteiger partial charge in [-0.2, -0.15) is 13.2 Å². The Bertz CT molecular complexity index is 1530. The molecule has 0 bridgehead atoms. The fourth-order valence-electron chi connectivity index (χ4n) is 4.17. The maximum Gasteiger partial charge on any atom is 0.471 e. The van der Waals surface area contributed by atoms with Crippen LogP contribution in [0.3, 0.4) is 0 Å². The third kappa shape index (κ3) is 5.68. The molecule has 2 aliphatic rings. The summed E-state index contributed by atoms with van der Waals surface area (Å²) in [6.07, 6.45) is -5.03. The summed E-state index contributed by atoms with van der Waals surface area (Å²) in [5, 5.41) is 6.17. The van der Waals surface area contributed by atoms with Crippen LogP contribution in [0.4, 0.5) is 35.9 Å². The van der Waals surface area contributed by atoms with Crippen molar-refractivity contribution in [3.05, 3.63) is 88.3 Å². The molecule has 7 nitrogen and oxygen atoms in total. The molecule has 0 radical (unpaired) electrons. The van der Waals surface area contributed by atoms with Crippen LogP contribution in [0.1, 0.15) is 12.5 Å². The summed E-state index contributed by atoms with van der Waals surface area (Å²) < 4.78 is 38.6. The van der Waals surface area contributed by atoms with Gasteiger partial charge in [-0.25, -0.2) is 4.99 Å². The zero-order chi connectivity index (χ0) is 28.4. The van der Waals surface area contributed by atoms with E-state index in [0.717, 1.165) is 21.2 Å². The second-order valence-electron chi connectivity index (χ2n) is 8.85. The van der Waals surface area contributed by atoms with Crippen LogP contribution < -0.4 is 15.5 Å². The molecule has 3 aromatic rings. The van der Waals surface area contributed by atoms with Crippen molar-refractivity contribution in [2.24, 2.45) is 4.99 Å². The molecule has 2 N–H and O–H groups in total. The quantitative estimate of drug-likeness (QED) is 0.311. The molecule has 5 rings (SSSR count). The van der Waals surface area contributed by atoms with Crippen LogP contribution in [0.15, 0.2) is 92.6 Å². The van der Waals surface area contributed by atoms with Gasteiger partial charge in [0.2, 0.25) is 0 Å². The number of hydrogen-bond acceptors (Lipinski definition) is 7. The van der Waals surface area contributed by atoms with Crippen molar-refractivity contribution in [1.29, 1.82) is 0 Å². The van der Waals surface area contributed by atoms with Gasteiger partial charge < -0.3 is 15.5 Å². The SMILES string of the molecule is CCNc1ccc(NC(=O)C(F)(F)F)cc1/N=C1\S/C(=C2\Sc3ccccc3N2C)C(=O)N1Cc1ccccc1. The van der Waals surface area contributed by atoms with Crippen molar-refractivity contribution in [1.82, 2.24) is 4.90 Å². The topological polar surface area (TPSA) is 77.0 Å². The maximum absolute atomic E-state index is 13.9. The summed E-state index contributed by atoms with van der Waals surface area (Å²) in [5.74, 6) is -2.30. The van der Waals surface area contributed by atoms with Gasteiger partial charge in [-0.3, -0.25) is 14.5 Å². The lowest BCUT2D eigenvalue weighted by Crippen LogP contribution is -2.30. The Morgan fingerprint density at radius 3 is 2.42 bits per heavy atom. The molecule has 2 heterocycles. The lowest BCUT2D eigenvalue weighted by atomic mass is 10.2. The fraction of sp³-hybridized carbons (Fsp3) is 0.179. The van der Waals surface area contributed by atoms with Crippen molar-refractivity contribution in [3.8, 4) is 0 Å². The number of amides is 2. The van der Waals surface area contributed by atoms with E-state index < -0.39 is 12.1 Å². The van der Waals surface area contributed by atoms with Gasteiger partial charge in [0.05, 0.1) is 28.6 Å². The molecule has 0 aromatic heterocycles. The van der Waals surface area contributed by atoms with Gasteiger partial charge in [-0.15, -0.1) is 0 Å². The zero-order valence-electron chi connectivity index (χ0n) is 21.5. The first-order valence-corrected chi connectivity index (χ1v) is 13.9. The molecule has 0 atom stereocenters. The van der Waals surface area contributed by atoms with Crippen LogP contribution >= 0.6 is 23.5 Å². The minimum atomic E-state index is -5.03. The minimum absolute atomic E-state index is 0.0626. The summed E-state index contributed by atoms with van der Waals surface area (Å²) in [7, 11) is 1.90. The average molecular weight is 584 g/mol. The molecular formula is C28H24F3N5O2S2. The highest BCUT2D eigenvalue weighted by Crippen LogP contribution is 2.50. The highest BCUT2D eigenvalue weighted by atomic mass is 32.2. The molecule has 1 saturated heterocycles. The molecule has 0 spiro atoms. The first-order chi connectivity index (χ1) is 19.2. The van der Waals surface area contributed by atoms with Gasteiger partial charge in [-0.05, 0) is 54.6 Å². The molecule has 0 aliphatic carbocycles. The number of carbonyl (C=O) groups is 2. The Balaban J connectivity index is 1.57. The second kappa shape index (κ2) is 11.3. The zero-order valence-corrected chi connectivity index (χ0v) is 23.1. The second-order valence-corrected chi connectivity index (χ2v) is 10.9. The fourth-order valence-corrected chi connectivity index (χ4v) is 6.51. The number of nitrogens with zero attached hydrogens (tertiary/aromatic N) is 3. The van der Waals surface area contributed by atoms with E-state index in [-0.39, 0.29) is 23.8 Å². The molecule has 0 saturated carbocycles. The molecule has 2 aliphatic heterocycles. The van der Waals surface area contributed by atoms with Crippen molar-refractivity contribution in [2.45, 2.75) is 24.5 Å². The lowest BCUT2D eigenvalue weighted by molar-refractivity contribution is -0.167. The summed E-state index contributed by atoms with van der Waals surface area (Å²) in [6.45, 7) is 2.66. The Kier molecular flexibility index (Phi) is 7.81. The van der Waals surface area contributed by atoms with Crippen molar-refractivity contribution >= 4 is 63.3 Å². The van der Waals surface area contributed by atoms with Crippen LogP contribution in [0.5, 0.6) is 0 Å². The smallest absolute Gasteiger partial charge is 0.384 e. The predicted octanol–water partition coefficient (Wildman–Crippen LogP) is 6.79. The Labute approximate surface area is 237 Å². The number of aliphatic imine (C=N–C) groups is 1. The molecule has 40 heavy (non-hydrogen) atoms. The van der Waals surface area contributed by atoms with Gasteiger partial charge in [-0.1, -0.05) is 54.2 Å². The number of thioether (sulfide) groups is 2. The number of nitrogens with one attached hydrogen (secondary N) is 2. The van der Waals surface area contributed by atoms with E-state index in [0.29, 0.717) is 22.3 Å². The number of halogens is 3. The molecule has 12 heteroatoms. The van der Waals surface area contributed by atoms with Crippen molar-refractivity contribution in [2.75, 3.05) is 29.1 Å². The average Bonchev–Trinajstić information content (AvgIpc) is 3.42. The van der Waals surface area contributed by atoms with Crippen LogP contribution in [0.25, 0.3) is 0 Å². The van der Waals surface area contributed by atoms with E-state index in [1.54, 1.807) is 11.0 Å². The number of fused-ring (bicyclic) bond motifs is 1. The molecule has 3 aromatic carbocycles. The molecule has 206 valence electrons. The standard InChI is InChI=1S/C28H24F3N5O2S2/c1-3-32-19-14-13-18(33-26(38)28(29,30)31)15-20(19)34-27-36(16-17-9-5-4-6-10-17)24(37)23(40-27)25-35(2)21-11-7-8-12-22(21)39-25/h4-15,32H,3,16H2,1-2H3,(H,33,38)/b25-23-,34-27-. The van der Waals surface area contributed by atoms with E-state index in [9.17, 15) is 22.8 Å². The first-order valence-electron chi connectivity index (χ1n) is 12.3. The molecule has 0 unspecified atom stereocenters. The maximum atomic E-state index is 13.9. The van der Waals surface area contributed by atoms with E-state index in [1.165, 1.54) is 35.7 Å². The summed E-state index contributed by atoms with van der Waals surface area (Å²) in [5.41, 5.74) is 2.66. The first kappa shape index (κ1) is 27.7. The Hall–Kier alpha value is -3.90. The largest absolute Gasteiger partial charge is 0.471 e. The van der Waals surface area contributed by atoms with E-state index in [2.05, 4.69) is 5.32 Å².